The highest BCUT2D eigenvalue weighted by molar-refractivity contribution is 5.59. The van der Waals surface area contributed by atoms with Gasteiger partial charge in [0.2, 0.25) is 11.8 Å². The van der Waals surface area contributed by atoms with Crippen LogP contribution in [0.2, 0.25) is 0 Å². The zero-order valence-electron chi connectivity index (χ0n) is 8.95. The Labute approximate surface area is 95.3 Å². The molecular formula is C11H9F3N2O. The van der Waals surface area contributed by atoms with E-state index in [0.717, 1.165) is 6.07 Å². The Morgan fingerprint density at radius 2 is 1.88 bits per heavy atom. The maximum absolute atomic E-state index is 12.7. The number of alkyl halides is 3. The van der Waals surface area contributed by atoms with Gasteiger partial charge in [0, 0.05) is 6.42 Å². The Morgan fingerprint density at radius 3 is 2.47 bits per heavy atom. The molecule has 0 spiro atoms. The van der Waals surface area contributed by atoms with E-state index in [-0.39, 0.29) is 11.5 Å². The molecular weight excluding hydrogens is 233 g/mol. The summed E-state index contributed by atoms with van der Waals surface area (Å²) >= 11 is 0. The van der Waals surface area contributed by atoms with Crippen molar-refractivity contribution in [2.24, 2.45) is 0 Å². The van der Waals surface area contributed by atoms with Gasteiger partial charge in [0.05, 0.1) is 11.1 Å². The van der Waals surface area contributed by atoms with Gasteiger partial charge in [-0.2, -0.15) is 13.2 Å². The molecule has 0 bridgehead atoms. The van der Waals surface area contributed by atoms with Gasteiger partial charge in [0.15, 0.2) is 0 Å². The standard InChI is InChI=1S/C11H9F3N2O/c1-2-9-15-16-10(17-9)7-5-3-4-6-8(7)11(12,13)14/h3-6H,2H2,1H3. The lowest BCUT2D eigenvalue weighted by atomic mass is 10.1. The lowest BCUT2D eigenvalue weighted by Gasteiger charge is -2.09. The van der Waals surface area contributed by atoms with E-state index in [4.69, 9.17) is 4.42 Å². The second-order valence-electron chi connectivity index (χ2n) is 3.40. The molecule has 0 aliphatic rings. The first kappa shape index (κ1) is 11.6. The van der Waals surface area contributed by atoms with E-state index in [1.165, 1.54) is 18.2 Å². The second kappa shape index (κ2) is 4.20. The van der Waals surface area contributed by atoms with Crippen molar-refractivity contribution in [2.45, 2.75) is 19.5 Å². The lowest BCUT2D eigenvalue weighted by Crippen LogP contribution is -2.06. The van der Waals surface area contributed by atoms with Gasteiger partial charge in [-0.3, -0.25) is 0 Å². The fraction of sp³-hybridized carbons (Fsp3) is 0.273. The Bertz CT molecular complexity index is 519. The van der Waals surface area contributed by atoms with E-state index in [1.807, 2.05) is 0 Å². The summed E-state index contributed by atoms with van der Waals surface area (Å²) in [5, 5.41) is 7.26. The molecule has 90 valence electrons. The number of benzene rings is 1. The van der Waals surface area contributed by atoms with E-state index in [9.17, 15) is 13.2 Å². The minimum absolute atomic E-state index is 0.0906. The van der Waals surface area contributed by atoms with Crippen molar-refractivity contribution < 1.29 is 17.6 Å². The molecule has 0 amide bonds. The molecule has 1 heterocycles. The van der Waals surface area contributed by atoms with Crippen LogP contribution in [0.25, 0.3) is 11.5 Å². The Hall–Kier alpha value is -1.85. The molecule has 2 rings (SSSR count). The van der Waals surface area contributed by atoms with Gasteiger partial charge in [-0.15, -0.1) is 10.2 Å². The molecule has 0 unspecified atom stereocenters. The maximum Gasteiger partial charge on any atom is 0.417 e. The quantitative estimate of drug-likeness (QED) is 0.810. The van der Waals surface area contributed by atoms with E-state index in [0.29, 0.717) is 12.3 Å². The molecule has 3 nitrogen and oxygen atoms in total. The van der Waals surface area contributed by atoms with Crippen molar-refractivity contribution in [3.63, 3.8) is 0 Å². The molecule has 0 radical (unpaired) electrons. The topological polar surface area (TPSA) is 38.9 Å². The van der Waals surface area contributed by atoms with E-state index in [2.05, 4.69) is 10.2 Å². The average Bonchev–Trinajstić information content (AvgIpc) is 2.76. The normalized spacial score (nSPS) is 11.8. The third-order valence-electron chi connectivity index (χ3n) is 2.23. The highest BCUT2D eigenvalue weighted by atomic mass is 19.4. The van der Waals surface area contributed by atoms with Crippen LogP contribution in [0.15, 0.2) is 28.7 Å². The number of aryl methyl sites for hydroxylation is 1. The predicted molar refractivity (Wildman–Crippen MR) is 54.1 cm³/mol. The summed E-state index contributed by atoms with van der Waals surface area (Å²) < 4.78 is 43.3. The Morgan fingerprint density at radius 1 is 1.18 bits per heavy atom. The van der Waals surface area contributed by atoms with Gasteiger partial charge >= 0.3 is 6.18 Å². The highest BCUT2D eigenvalue weighted by Crippen LogP contribution is 2.36. The van der Waals surface area contributed by atoms with E-state index >= 15 is 0 Å². The number of hydrogen-bond donors (Lipinski definition) is 0. The van der Waals surface area contributed by atoms with Gasteiger partial charge < -0.3 is 4.42 Å². The number of nitrogens with zero attached hydrogens (tertiary/aromatic N) is 2. The zero-order chi connectivity index (χ0) is 12.5. The van der Waals surface area contributed by atoms with Crippen LogP contribution in [0.3, 0.4) is 0 Å². The summed E-state index contributed by atoms with van der Waals surface area (Å²) in [4.78, 5) is 0. The number of aromatic nitrogens is 2. The van der Waals surface area contributed by atoms with Crippen LogP contribution < -0.4 is 0 Å². The summed E-state index contributed by atoms with van der Waals surface area (Å²) in [7, 11) is 0. The van der Waals surface area contributed by atoms with Gasteiger partial charge in [-0.1, -0.05) is 19.1 Å². The van der Waals surface area contributed by atoms with Gasteiger partial charge in [-0.05, 0) is 12.1 Å². The molecule has 0 saturated heterocycles. The highest BCUT2D eigenvalue weighted by Gasteiger charge is 2.34. The van der Waals surface area contributed by atoms with Gasteiger partial charge in [0.1, 0.15) is 0 Å². The third-order valence-corrected chi connectivity index (χ3v) is 2.23. The Kier molecular flexibility index (Phi) is 2.87. The average molecular weight is 242 g/mol. The van der Waals surface area contributed by atoms with Crippen molar-refractivity contribution in [3.05, 3.63) is 35.7 Å². The van der Waals surface area contributed by atoms with Crippen LogP contribution in [0.5, 0.6) is 0 Å². The minimum atomic E-state index is -4.43. The van der Waals surface area contributed by atoms with Crippen LogP contribution in [0.4, 0.5) is 13.2 Å². The molecule has 0 N–H and O–H groups in total. The molecule has 0 aliphatic heterocycles. The molecule has 0 saturated carbocycles. The lowest BCUT2D eigenvalue weighted by molar-refractivity contribution is -0.137. The summed E-state index contributed by atoms with van der Waals surface area (Å²) in [5.74, 6) is 0.215. The molecule has 0 aliphatic carbocycles. The van der Waals surface area contributed by atoms with E-state index < -0.39 is 11.7 Å². The van der Waals surface area contributed by atoms with Crippen molar-refractivity contribution >= 4 is 0 Å². The van der Waals surface area contributed by atoms with Crippen LogP contribution in [0.1, 0.15) is 18.4 Å². The first-order valence-electron chi connectivity index (χ1n) is 5.01. The van der Waals surface area contributed by atoms with E-state index in [1.54, 1.807) is 6.92 Å². The first-order chi connectivity index (χ1) is 8.02. The van der Waals surface area contributed by atoms with Crippen molar-refractivity contribution in [1.82, 2.24) is 10.2 Å². The SMILES string of the molecule is CCc1nnc(-c2ccccc2C(F)(F)F)o1. The molecule has 6 heteroatoms. The summed E-state index contributed by atoms with van der Waals surface area (Å²) in [5.41, 5.74) is -0.862. The molecule has 1 aromatic heterocycles. The third kappa shape index (κ3) is 2.30. The van der Waals surface area contributed by atoms with Crippen LogP contribution >= 0.6 is 0 Å². The minimum Gasteiger partial charge on any atom is -0.421 e. The van der Waals surface area contributed by atoms with Crippen LogP contribution in [0, 0.1) is 0 Å². The summed E-state index contributed by atoms with van der Waals surface area (Å²) in [6.07, 6.45) is -3.95. The largest absolute Gasteiger partial charge is 0.421 e. The fourth-order valence-electron chi connectivity index (χ4n) is 1.42. The van der Waals surface area contributed by atoms with Crippen molar-refractivity contribution in [2.75, 3.05) is 0 Å². The van der Waals surface area contributed by atoms with Crippen LogP contribution in [-0.4, -0.2) is 10.2 Å². The maximum atomic E-state index is 12.7. The fourth-order valence-corrected chi connectivity index (χ4v) is 1.42. The number of rotatable bonds is 2. The Balaban J connectivity index is 2.52. The van der Waals surface area contributed by atoms with Crippen molar-refractivity contribution in [3.8, 4) is 11.5 Å². The summed E-state index contributed by atoms with van der Waals surface area (Å²) in [6, 6.07) is 5.13. The predicted octanol–water partition coefficient (Wildman–Crippen LogP) is 3.32. The van der Waals surface area contributed by atoms with Crippen molar-refractivity contribution in [1.29, 1.82) is 0 Å². The summed E-state index contributed by atoms with van der Waals surface area (Å²) in [6.45, 7) is 1.78. The molecule has 2 aromatic rings. The molecule has 0 atom stereocenters. The monoisotopic (exact) mass is 242 g/mol. The van der Waals surface area contributed by atoms with Gasteiger partial charge in [0.25, 0.3) is 0 Å². The number of hydrogen-bond acceptors (Lipinski definition) is 3. The zero-order valence-corrected chi connectivity index (χ0v) is 8.95. The van der Waals surface area contributed by atoms with Crippen LogP contribution in [-0.2, 0) is 12.6 Å². The molecule has 0 fully saturated rings. The smallest absolute Gasteiger partial charge is 0.417 e. The first-order valence-corrected chi connectivity index (χ1v) is 5.01. The molecule has 17 heavy (non-hydrogen) atoms. The second-order valence-corrected chi connectivity index (χ2v) is 3.40. The molecule has 1 aromatic carbocycles. The van der Waals surface area contributed by atoms with Gasteiger partial charge in [-0.25, -0.2) is 0 Å². The number of halogens is 3.